The van der Waals surface area contributed by atoms with E-state index in [0.717, 1.165) is 24.3 Å². The van der Waals surface area contributed by atoms with Gasteiger partial charge in [-0.3, -0.25) is 9.59 Å². The number of hydrogen-bond donors (Lipinski definition) is 1. The quantitative estimate of drug-likeness (QED) is 0.457. The molecular formula is C20H16F3NO4. The van der Waals surface area contributed by atoms with E-state index in [1.165, 1.54) is 25.1 Å². The van der Waals surface area contributed by atoms with E-state index in [1.54, 1.807) is 18.2 Å². The van der Waals surface area contributed by atoms with Gasteiger partial charge in [0.1, 0.15) is 0 Å². The van der Waals surface area contributed by atoms with E-state index in [9.17, 15) is 27.6 Å². The summed E-state index contributed by atoms with van der Waals surface area (Å²) in [6.07, 6.45) is -2.41. The van der Waals surface area contributed by atoms with Gasteiger partial charge in [0.15, 0.2) is 12.4 Å². The molecule has 0 spiro atoms. The van der Waals surface area contributed by atoms with Crippen molar-refractivity contribution < 1.29 is 32.3 Å². The third-order valence-corrected chi connectivity index (χ3v) is 3.55. The average molecular weight is 391 g/mol. The predicted octanol–water partition coefficient (Wildman–Crippen LogP) is 4.10. The van der Waals surface area contributed by atoms with Crippen LogP contribution in [-0.4, -0.2) is 24.3 Å². The molecule has 28 heavy (non-hydrogen) atoms. The van der Waals surface area contributed by atoms with E-state index in [0.29, 0.717) is 5.56 Å². The minimum Gasteiger partial charge on any atom is -0.452 e. The van der Waals surface area contributed by atoms with Crippen LogP contribution in [0.4, 0.5) is 18.9 Å². The summed E-state index contributed by atoms with van der Waals surface area (Å²) >= 11 is 0. The molecule has 0 aromatic heterocycles. The van der Waals surface area contributed by atoms with Gasteiger partial charge >= 0.3 is 12.1 Å². The Morgan fingerprint density at radius 2 is 1.79 bits per heavy atom. The summed E-state index contributed by atoms with van der Waals surface area (Å²) in [5, 5.41) is 2.46. The highest BCUT2D eigenvalue weighted by Gasteiger charge is 2.30. The second-order valence-corrected chi connectivity index (χ2v) is 5.71. The summed E-state index contributed by atoms with van der Waals surface area (Å²) in [7, 11) is 0. The van der Waals surface area contributed by atoms with Crippen LogP contribution in [-0.2, 0) is 20.5 Å². The van der Waals surface area contributed by atoms with Gasteiger partial charge in [-0.05, 0) is 42.8 Å². The van der Waals surface area contributed by atoms with Crippen LogP contribution in [0.3, 0.4) is 0 Å². The van der Waals surface area contributed by atoms with Gasteiger partial charge in [-0.15, -0.1) is 0 Å². The maximum Gasteiger partial charge on any atom is 0.416 e. The standard InChI is InChI=1S/C20H16F3NO4/c1-13(25)16-7-2-3-8-17(16)24-18(26)12-28-19(27)10-9-14-5-4-6-15(11-14)20(21,22)23/h2-11H,12H2,1H3,(H,24,26)/b10-9+. The molecule has 1 amide bonds. The second kappa shape index (κ2) is 8.98. The highest BCUT2D eigenvalue weighted by Crippen LogP contribution is 2.29. The van der Waals surface area contributed by atoms with E-state index >= 15 is 0 Å². The van der Waals surface area contributed by atoms with Crippen molar-refractivity contribution in [2.24, 2.45) is 0 Å². The summed E-state index contributed by atoms with van der Waals surface area (Å²) in [5.74, 6) is -1.79. The Morgan fingerprint density at radius 1 is 1.07 bits per heavy atom. The van der Waals surface area contributed by atoms with Crippen molar-refractivity contribution in [1.29, 1.82) is 0 Å². The van der Waals surface area contributed by atoms with Gasteiger partial charge in [0.05, 0.1) is 11.3 Å². The summed E-state index contributed by atoms with van der Waals surface area (Å²) in [4.78, 5) is 35.0. The van der Waals surface area contributed by atoms with Gasteiger partial charge in [0.25, 0.3) is 5.91 Å². The second-order valence-electron chi connectivity index (χ2n) is 5.71. The molecule has 1 N–H and O–H groups in total. The molecule has 0 bridgehead atoms. The third kappa shape index (κ3) is 6.08. The Morgan fingerprint density at radius 3 is 2.46 bits per heavy atom. The molecule has 0 aliphatic rings. The lowest BCUT2D eigenvalue weighted by atomic mass is 10.1. The number of rotatable bonds is 6. The van der Waals surface area contributed by atoms with E-state index in [4.69, 9.17) is 4.74 Å². The van der Waals surface area contributed by atoms with Crippen molar-refractivity contribution in [1.82, 2.24) is 0 Å². The van der Waals surface area contributed by atoms with Crippen molar-refractivity contribution in [3.63, 3.8) is 0 Å². The number of benzene rings is 2. The van der Waals surface area contributed by atoms with Crippen LogP contribution in [0.2, 0.25) is 0 Å². The van der Waals surface area contributed by atoms with Crippen molar-refractivity contribution >= 4 is 29.4 Å². The molecule has 2 aromatic rings. The number of carbonyl (C=O) groups excluding carboxylic acids is 3. The molecule has 0 unspecified atom stereocenters. The Balaban J connectivity index is 1.91. The Labute approximate surface area is 158 Å². The Kier molecular flexibility index (Phi) is 6.70. The number of Topliss-reactive ketones (excluding diaryl/α,β-unsaturated/α-hetero) is 1. The number of amides is 1. The SMILES string of the molecule is CC(=O)c1ccccc1NC(=O)COC(=O)/C=C/c1cccc(C(F)(F)F)c1. The number of esters is 1. The van der Waals surface area contributed by atoms with Crippen LogP contribution in [0, 0.1) is 0 Å². The van der Waals surface area contributed by atoms with Crippen LogP contribution in [0.5, 0.6) is 0 Å². The van der Waals surface area contributed by atoms with Crippen LogP contribution in [0.15, 0.2) is 54.6 Å². The zero-order valence-electron chi connectivity index (χ0n) is 14.7. The zero-order chi connectivity index (χ0) is 20.7. The topological polar surface area (TPSA) is 72.5 Å². The molecule has 0 fully saturated rings. The third-order valence-electron chi connectivity index (χ3n) is 3.55. The molecule has 0 saturated carbocycles. The van der Waals surface area contributed by atoms with E-state index in [-0.39, 0.29) is 17.0 Å². The number of hydrogen-bond acceptors (Lipinski definition) is 4. The first kappa shape index (κ1) is 20.9. The van der Waals surface area contributed by atoms with Crippen LogP contribution in [0.25, 0.3) is 6.08 Å². The van der Waals surface area contributed by atoms with E-state index < -0.39 is 30.2 Å². The molecule has 5 nitrogen and oxygen atoms in total. The lowest BCUT2D eigenvalue weighted by Crippen LogP contribution is -2.21. The van der Waals surface area contributed by atoms with Crippen molar-refractivity contribution in [3.05, 3.63) is 71.3 Å². The Bertz CT molecular complexity index is 920. The molecule has 0 aliphatic heterocycles. The maximum atomic E-state index is 12.7. The molecule has 0 atom stereocenters. The normalized spacial score (nSPS) is 11.3. The van der Waals surface area contributed by atoms with Gasteiger partial charge in [0.2, 0.25) is 0 Å². The van der Waals surface area contributed by atoms with E-state index in [2.05, 4.69) is 5.32 Å². The zero-order valence-corrected chi connectivity index (χ0v) is 14.7. The number of alkyl halides is 3. The first-order valence-corrected chi connectivity index (χ1v) is 8.09. The van der Waals surface area contributed by atoms with Crippen LogP contribution >= 0.6 is 0 Å². The summed E-state index contributed by atoms with van der Waals surface area (Å²) in [6, 6.07) is 10.8. The van der Waals surface area contributed by atoms with Gasteiger partial charge in [0, 0.05) is 11.6 Å². The molecule has 0 saturated heterocycles. The number of nitrogens with one attached hydrogen (secondary N) is 1. The number of halogens is 3. The average Bonchev–Trinajstić information content (AvgIpc) is 2.64. The van der Waals surface area contributed by atoms with Crippen molar-refractivity contribution in [2.45, 2.75) is 13.1 Å². The fraction of sp³-hybridized carbons (Fsp3) is 0.150. The van der Waals surface area contributed by atoms with Gasteiger partial charge in [-0.25, -0.2) is 4.79 Å². The van der Waals surface area contributed by atoms with Crippen molar-refractivity contribution in [2.75, 3.05) is 11.9 Å². The number of ketones is 1. The molecule has 0 aliphatic carbocycles. The minimum absolute atomic E-state index is 0.159. The van der Waals surface area contributed by atoms with Crippen molar-refractivity contribution in [3.8, 4) is 0 Å². The first-order valence-electron chi connectivity index (χ1n) is 8.09. The number of para-hydroxylation sites is 1. The maximum absolute atomic E-state index is 12.7. The van der Waals surface area contributed by atoms with Crippen LogP contribution in [0.1, 0.15) is 28.4 Å². The predicted molar refractivity (Wildman–Crippen MR) is 96.5 cm³/mol. The van der Waals surface area contributed by atoms with Gasteiger partial charge in [-0.1, -0.05) is 24.3 Å². The largest absolute Gasteiger partial charge is 0.452 e. The monoisotopic (exact) mass is 391 g/mol. The molecule has 8 heteroatoms. The smallest absolute Gasteiger partial charge is 0.416 e. The first-order chi connectivity index (χ1) is 13.2. The summed E-state index contributed by atoms with van der Waals surface area (Å²) in [5.41, 5.74) is -0.0830. The Hall–Kier alpha value is -3.42. The molecule has 2 rings (SSSR count). The minimum atomic E-state index is -4.49. The fourth-order valence-corrected chi connectivity index (χ4v) is 2.25. The van der Waals surface area contributed by atoms with Crippen LogP contribution < -0.4 is 5.32 Å². The molecule has 0 heterocycles. The number of carbonyl (C=O) groups is 3. The fourth-order valence-electron chi connectivity index (χ4n) is 2.25. The molecule has 0 radical (unpaired) electrons. The highest BCUT2D eigenvalue weighted by molar-refractivity contribution is 6.04. The number of ether oxygens (including phenoxy) is 1. The van der Waals surface area contributed by atoms with Gasteiger partial charge in [-0.2, -0.15) is 13.2 Å². The lowest BCUT2D eigenvalue weighted by Gasteiger charge is -2.09. The van der Waals surface area contributed by atoms with Gasteiger partial charge < -0.3 is 10.1 Å². The molecule has 2 aromatic carbocycles. The molecular weight excluding hydrogens is 375 g/mol. The van der Waals surface area contributed by atoms with E-state index in [1.807, 2.05) is 0 Å². The lowest BCUT2D eigenvalue weighted by molar-refractivity contribution is -0.142. The summed E-state index contributed by atoms with van der Waals surface area (Å²) < 4.78 is 42.7. The summed E-state index contributed by atoms with van der Waals surface area (Å²) in [6.45, 7) is 0.738. The molecule has 146 valence electrons. The highest BCUT2D eigenvalue weighted by atomic mass is 19.4. The number of anilines is 1.